The number of imidazole rings is 1. The molecule has 0 aliphatic rings. The number of fused-ring (bicyclic) bond motifs is 1. The van der Waals surface area contributed by atoms with Gasteiger partial charge in [0.15, 0.2) is 0 Å². The van der Waals surface area contributed by atoms with E-state index in [-0.39, 0.29) is 11.6 Å². The number of hydrogen-bond donors (Lipinski definition) is 1. The van der Waals surface area contributed by atoms with Crippen molar-refractivity contribution in [2.24, 2.45) is 7.05 Å². The van der Waals surface area contributed by atoms with Crippen LogP contribution >= 0.6 is 0 Å². The summed E-state index contributed by atoms with van der Waals surface area (Å²) in [6, 6.07) is 13.4. The predicted octanol–water partition coefficient (Wildman–Crippen LogP) is 2.20. The van der Waals surface area contributed by atoms with Crippen LogP contribution in [0.1, 0.15) is 15.9 Å². The van der Waals surface area contributed by atoms with Gasteiger partial charge in [-0.15, -0.1) is 0 Å². The number of amides is 1. The number of aromatic nitrogens is 2. The zero-order valence-electron chi connectivity index (χ0n) is 14.9. The highest BCUT2D eigenvalue weighted by molar-refractivity contribution is 5.97. The van der Waals surface area contributed by atoms with Crippen LogP contribution < -0.4 is 10.6 Å². The van der Waals surface area contributed by atoms with Gasteiger partial charge in [-0.1, -0.05) is 12.1 Å². The molecule has 3 rings (SSSR count). The van der Waals surface area contributed by atoms with Crippen LogP contribution in [0.5, 0.6) is 0 Å². The largest absolute Gasteiger partial charge is 0.378 e. The number of carbonyl (C=O) groups is 1. The first kappa shape index (κ1) is 16.8. The standard InChI is InChI=1S/C19H22N4O2/c1-21(2)15-8-5-13(6-9-15)12-22(3)18(24)14-7-10-17-16(11-14)20-19(25)23(17)4/h5-11H,12H2,1-4H3,(H,20,25). The molecule has 25 heavy (non-hydrogen) atoms. The Bertz CT molecular complexity index is 967. The second-order valence-electron chi connectivity index (χ2n) is 6.44. The molecule has 0 saturated heterocycles. The Morgan fingerprint density at radius 3 is 2.40 bits per heavy atom. The highest BCUT2D eigenvalue weighted by atomic mass is 16.2. The first-order chi connectivity index (χ1) is 11.9. The molecule has 0 aliphatic heterocycles. The van der Waals surface area contributed by atoms with E-state index >= 15 is 0 Å². The van der Waals surface area contributed by atoms with E-state index in [9.17, 15) is 9.59 Å². The summed E-state index contributed by atoms with van der Waals surface area (Å²) in [5, 5.41) is 0. The fourth-order valence-electron chi connectivity index (χ4n) is 2.84. The number of aromatic amines is 1. The Morgan fingerprint density at radius 2 is 1.76 bits per heavy atom. The Labute approximate surface area is 146 Å². The molecule has 0 atom stereocenters. The van der Waals surface area contributed by atoms with E-state index in [2.05, 4.69) is 4.98 Å². The highest BCUT2D eigenvalue weighted by Gasteiger charge is 2.14. The summed E-state index contributed by atoms with van der Waals surface area (Å²) in [5.41, 5.74) is 4.01. The average Bonchev–Trinajstić information content (AvgIpc) is 2.88. The van der Waals surface area contributed by atoms with Gasteiger partial charge in [-0.25, -0.2) is 4.79 Å². The molecule has 130 valence electrons. The van der Waals surface area contributed by atoms with Crippen LogP contribution in [0.2, 0.25) is 0 Å². The first-order valence-corrected chi connectivity index (χ1v) is 8.07. The Kier molecular flexibility index (Phi) is 4.35. The number of benzene rings is 2. The summed E-state index contributed by atoms with van der Waals surface area (Å²) in [6.07, 6.45) is 0. The fourth-order valence-corrected chi connectivity index (χ4v) is 2.84. The summed E-state index contributed by atoms with van der Waals surface area (Å²) in [4.78, 5) is 30.8. The summed E-state index contributed by atoms with van der Waals surface area (Å²) in [7, 11) is 7.47. The molecule has 6 heteroatoms. The van der Waals surface area contributed by atoms with Crippen molar-refractivity contribution in [3.8, 4) is 0 Å². The first-order valence-electron chi connectivity index (χ1n) is 8.07. The summed E-state index contributed by atoms with van der Waals surface area (Å²) >= 11 is 0. The zero-order valence-corrected chi connectivity index (χ0v) is 14.9. The number of aryl methyl sites for hydroxylation is 1. The maximum atomic E-state index is 12.7. The second kappa shape index (κ2) is 6.47. The van der Waals surface area contributed by atoms with E-state index in [1.54, 1.807) is 37.2 Å². The third-order valence-electron chi connectivity index (χ3n) is 4.37. The third kappa shape index (κ3) is 3.28. The van der Waals surface area contributed by atoms with Gasteiger partial charge >= 0.3 is 5.69 Å². The van der Waals surface area contributed by atoms with Crippen LogP contribution in [0.25, 0.3) is 11.0 Å². The van der Waals surface area contributed by atoms with Gasteiger partial charge in [0.05, 0.1) is 11.0 Å². The van der Waals surface area contributed by atoms with Crippen molar-refractivity contribution < 1.29 is 4.79 Å². The molecule has 0 unspecified atom stereocenters. The van der Waals surface area contributed by atoms with Crippen LogP contribution in [0, 0.1) is 0 Å². The van der Waals surface area contributed by atoms with E-state index in [0.717, 1.165) is 16.8 Å². The monoisotopic (exact) mass is 338 g/mol. The lowest BCUT2D eigenvalue weighted by Crippen LogP contribution is -2.26. The fraction of sp³-hybridized carbons (Fsp3) is 0.263. The third-order valence-corrected chi connectivity index (χ3v) is 4.37. The number of hydrogen-bond acceptors (Lipinski definition) is 3. The average molecular weight is 338 g/mol. The topological polar surface area (TPSA) is 61.3 Å². The molecule has 6 nitrogen and oxygen atoms in total. The second-order valence-corrected chi connectivity index (χ2v) is 6.44. The van der Waals surface area contributed by atoms with Gasteiger partial charge in [-0.3, -0.25) is 9.36 Å². The molecule has 0 saturated carbocycles. The number of nitrogens with one attached hydrogen (secondary N) is 1. The normalized spacial score (nSPS) is 10.9. The number of H-pyrrole nitrogens is 1. The molecule has 0 spiro atoms. The zero-order chi connectivity index (χ0) is 18.1. The SMILES string of the molecule is CN(Cc1ccc(N(C)C)cc1)C(=O)c1ccc2c(c1)[nH]c(=O)n2C. The smallest absolute Gasteiger partial charge is 0.326 e. The molecule has 0 bridgehead atoms. The summed E-state index contributed by atoms with van der Waals surface area (Å²) in [6.45, 7) is 0.524. The van der Waals surface area contributed by atoms with Crippen molar-refractivity contribution in [1.29, 1.82) is 0 Å². The lowest BCUT2D eigenvalue weighted by molar-refractivity contribution is 0.0785. The van der Waals surface area contributed by atoms with Gasteiger partial charge < -0.3 is 14.8 Å². The number of nitrogens with zero attached hydrogens (tertiary/aromatic N) is 3. The molecular formula is C19H22N4O2. The maximum Gasteiger partial charge on any atom is 0.326 e. The van der Waals surface area contributed by atoms with Crippen molar-refractivity contribution in [2.45, 2.75) is 6.54 Å². The molecule has 1 amide bonds. The van der Waals surface area contributed by atoms with E-state index in [0.29, 0.717) is 17.6 Å². The van der Waals surface area contributed by atoms with Crippen molar-refractivity contribution >= 4 is 22.6 Å². The Hall–Kier alpha value is -3.02. The minimum absolute atomic E-state index is 0.0803. The van der Waals surface area contributed by atoms with Gasteiger partial charge in [0.2, 0.25) is 0 Å². The van der Waals surface area contributed by atoms with Gasteiger partial charge in [0.1, 0.15) is 0 Å². The Morgan fingerprint density at radius 1 is 1.08 bits per heavy atom. The lowest BCUT2D eigenvalue weighted by Gasteiger charge is -2.18. The van der Waals surface area contributed by atoms with Crippen molar-refractivity contribution in [3.05, 3.63) is 64.1 Å². The molecule has 0 radical (unpaired) electrons. The minimum atomic E-state index is -0.186. The lowest BCUT2D eigenvalue weighted by atomic mass is 10.1. The summed E-state index contributed by atoms with van der Waals surface area (Å²) < 4.78 is 1.53. The minimum Gasteiger partial charge on any atom is -0.378 e. The molecular weight excluding hydrogens is 316 g/mol. The molecule has 0 aliphatic carbocycles. The van der Waals surface area contributed by atoms with Crippen molar-refractivity contribution in [2.75, 3.05) is 26.0 Å². The number of carbonyl (C=O) groups excluding carboxylic acids is 1. The molecule has 1 N–H and O–H groups in total. The maximum absolute atomic E-state index is 12.7. The van der Waals surface area contributed by atoms with Gasteiger partial charge in [0.25, 0.3) is 5.91 Å². The van der Waals surface area contributed by atoms with E-state index in [1.165, 1.54) is 4.57 Å². The van der Waals surface area contributed by atoms with Gasteiger partial charge in [0, 0.05) is 46.0 Å². The number of rotatable bonds is 4. The highest BCUT2D eigenvalue weighted by Crippen LogP contribution is 2.16. The summed E-state index contributed by atoms with van der Waals surface area (Å²) in [5.74, 6) is -0.0803. The molecule has 1 aromatic heterocycles. The van der Waals surface area contributed by atoms with Crippen LogP contribution in [0.15, 0.2) is 47.3 Å². The van der Waals surface area contributed by atoms with Crippen LogP contribution in [0.4, 0.5) is 5.69 Å². The van der Waals surface area contributed by atoms with Gasteiger partial charge in [-0.05, 0) is 35.9 Å². The van der Waals surface area contributed by atoms with Crippen LogP contribution in [0.3, 0.4) is 0 Å². The number of anilines is 1. The quantitative estimate of drug-likeness (QED) is 0.793. The molecule has 3 aromatic rings. The van der Waals surface area contributed by atoms with E-state index < -0.39 is 0 Å². The molecule has 2 aromatic carbocycles. The predicted molar refractivity (Wildman–Crippen MR) is 100 cm³/mol. The van der Waals surface area contributed by atoms with Crippen LogP contribution in [-0.2, 0) is 13.6 Å². The Balaban J connectivity index is 1.78. The van der Waals surface area contributed by atoms with E-state index in [4.69, 9.17) is 0 Å². The van der Waals surface area contributed by atoms with Crippen molar-refractivity contribution in [3.63, 3.8) is 0 Å². The molecule has 1 heterocycles. The van der Waals surface area contributed by atoms with E-state index in [1.807, 2.05) is 43.3 Å². The van der Waals surface area contributed by atoms with Crippen molar-refractivity contribution in [1.82, 2.24) is 14.5 Å². The van der Waals surface area contributed by atoms with Gasteiger partial charge in [-0.2, -0.15) is 0 Å². The molecule has 0 fully saturated rings. The van der Waals surface area contributed by atoms with Crippen LogP contribution in [-0.4, -0.2) is 41.5 Å².